The molecule has 3 rings (SSSR count). The molecule has 0 unspecified atom stereocenters. The van der Waals surface area contributed by atoms with E-state index in [1.807, 2.05) is 0 Å². The third-order valence-corrected chi connectivity index (χ3v) is 7.48. The molecule has 3 aliphatic carbocycles. The Balaban J connectivity index is 2.37. The Hall–Kier alpha value is 0.160. The average Bonchev–Trinajstić information content (AvgIpc) is 2.72. The van der Waals surface area contributed by atoms with Crippen LogP contribution in [-0.4, -0.2) is 41.3 Å². The third-order valence-electron chi connectivity index (χ3n) is 4.87. The van der Waals surface area contributed by atoms with Gasteiger partial charge in [-0.1, -0.05) is 23.2 Å². The number of carbonyl (C=O) groups excluding carboxylic acids is 2. The highest BCUT2D eigenvalue weighted by atomic mass is 35.5. The smallest absolute Gasteiger partial charge is 0.218 e. The zero-order valence-electron chi connectivity index (χ0n) is 11.2. The van der Waals surface area contributed by atoms with Crippen molar-refractivity contribution in [2.45, 2.75) is 28.4 Å². The minimum Gasteiger partial charge on any atom is -0.350 e. The van der Waals surface area contributed by atoms with E-state index in [1.165, 1.54) is 14.2 Å². The van der Waals surface area contributed by atoms with Crippen molar-refractivity contribution in [3.63, 3.8) is 0 Å². The van der Waals surface area contributed by atoms with Gasteiger partial charge in [0.1, 0.15) is 21.3 Å². The lowest BCUT2D eigenvalue weighted by Crippen LogP contribution is -2.57. The maximum Gasteiger partial charge on any atom is 0.218 e. The first-order valence-electron chi connectivity index (χ1n) is 6.33. The molecular weight excluding hydrogens is 362 g/mol. The van der Waals surface area contributed by atoms with E-state index in [4.69, 9.17) is 55.9 Å². The predicted molar refractivity (Wildman–Crippen MR) is 78.9 cm³/mol. The van der Waals surface area contributed by atoms with Gasteiger partial charge < -0.3 is 9.47 Å². The topological polar surface area (TPSA) is 52.6 Å². The summed E-state index contributed by atoms with van der Waals surface area (Å²) in [7, 11) is 2.67. The molecule has 8 heteroatoms. The van der Waals surface area contributed by atoms with Crippen LogP contribution >= 0.6 is 46.4 Å². The Morgan fingerprint density at radius 1 is 0.905 bits per heavy atom. The molecule has 0 aromatic carbocycles. The van der Waals surface area contributed by atoms with Gasteiger partial charge in [0.05, 0.1) is 21.9 Å². The first-order valence-corrected chi connectivity index (χ1v) is 7.85. The highest BCUT2D eigenvalue weighted by molar-refractivity contribution is 6.53. The number of alkyl halides is 2. The van der Waals surface area contributed by atoms with Crippen LogP contribution in [0.5, 0.6) is 0 Å². The molecule has 2 bridgehead atoms. The van der Waals surface area contributed by atoms with Crippen molar-refractivity contribution in [1.29, 1.82) is 0 Å². The van der Waals surface area contributed by atoms with Gasteiger partial charge in [-0.2, -0.15) is 0 Å². The summed E-state index contributed by atoms with van der Waals surface area (Å²) in [5.74, 6) is -3.86. The number of methoxy groups -OCH3 is 2. The van der Waals surface area contributed by atoms with Crippen molar-refractivity contribution in [2.24, 2.45) is 11.8 Å². The number of hydrogen-bond donors (Lipinski definition) is 0. The molecule has 3 aliphatic rings. The van der Waals surface area contributed by atoms with Crippen molar-refractivity contribution in [3.8, 4) is 0 Å². The molecule has 0 aromatic rings. The molecule has 2 fully saturated rings. The van der Waals surface area contributed by atoms with Crippen molar-refractivity contribution >= 4 is 58.0 Å². The van der Waals surface area contributed by atoms with Crippen LogP contribution in [0, 0.1) is 11.8 Å². The molecule has 4 nitrogen and oxygen atoms in total. The normalized spacial score (nSPS) is 44.5. The lowest BCUT2D eigenvalue weighted by Gasteiger charge is -2.40. The fourth-order valence-electron chi connectivity index (χ4n) is 4.07. The van der Waals surface area contributed by atoms with Crippen molar-refractivity contribution in [1.82, 2.24) is 0 Å². The Kier molecular flexibility index (Phi) is 3.50. The second-order valence-corrected chi connectivity index (χ2v) is 7.41. The molecule has 0 heterocycles. The molecule has 4 atom stereocenters. The molecule has 0 aliphatic heterocycles. The number of halogens is 4. The van der Waals surface area contributed by atoms with Crippen LogP contribution in [0.25, 0.3) is 0 Å². The first-order chi connectivity index (χ1) is 9.74. The summed E-state index contributed by atoms with van der Waals surface area (Å²) in [6.07, 6.45) is 0.208. The van der Waals surface area contributed by atoms with E-state index in [0.29, 0.717) is 0 Å². The van der Waals surface area contributed by atoms with Gasteiger partial charge in [-0.25, -0.2) is 0 Å². The molecule has 116 valence electrons. The Morgan fingerprint density at radius 3 is 1.52 bits per heavy atom. The highest BCUT2D eigenvalue weighted by Crippen LogP contribution is 2.74. The maximum absolute atomic E-state index is 12.4. The Bertz CT molecular complexity index is 539. The van der Waals surface area contributed by atoms with Gasteiger partial charge in [0.15, 0.2) is 0 Å². The van der Waals surface area contributed by atoms with Crippen molar-refractivity contribution in [2.75, 3.05) is 14.2 Å². The SMILES string of the molecule is COC1(OC)[C@@]2(Cl)C(Cl)=C(Cl)[C@]1(Cl)[C@@H]1C(=O)CCC(=O)[C@@H]12. The molecular formula is C13H12Cl4O4. The van der Waals surface area contributed by atoms with Gasteiger partial charge in [0, 0.05) is 27.1 Å². The first kappa shape index (κ1) is 16.0. The second-order valence-electron chi connectivity index (χ2n) is 5.46. The zero-order chi connectivity index (χ0) is 15.8. The van der Waals surface area contributed by atoms with Gasteiger partial charge in [-0.15, -0.1) is 23.2 Å². The average molecular weight is 374 g/mol. The molecule has 21 heavy (non-hydrogen) atoms. The Morgan fingerprint density at radius 2 is 1.24 bits per heavy atom. The summed E-state index contributed by atoms with van der Waals surface area (Å²) in [4.78, 5) is 21.6. The summed E-state index contributed by atoms with van der Waals surface area (Å²) < 4.78 is 10.9. The van der Waals surface area contributed by atoms with Gasteiger partial charge in [-0.3, -0.25) is 9.59 Å². The number of ether oxygens (including phenoxy) is 2. The predicted octanol–water partition coefficient (Wildman–Crippen LogP) is 2.81. The standard InChI is InChI=1S/C13H12Cl4O4/c1-20-13(21-2)11(16)7-5(18)3-4-6(19)8(7)12(13,17)10(15)9(11)14/h7-8H,3-4H2,1-2H3/t7-,8+,11-,12+. The fourth-order valence-corrected chi connectivity index (χ4v) is 6.28. The van der Waals surface area contributed by atoms with Gasteiger partial charge in [0.25, 0.3) is 0 Å². The van der Waals surface area contributed by atoms with E-state index in [0.717, 1.165) is 0 Å². The lowest BCUT2D eigenvalue weighted by molar-refractivity contribution is -0.220. The van der Waals surface area contributed by atoms with E-state index in [-0.39, 0.29) is 34.5 Å². The lowest BCUT2D eigenvalue weighted by atomic mass is 9.71. The van der Waals surface area contributed by atoms with Crippen LogP contribution in [0.2, 0.25) is 0 Å². The Labute approximate surface area is 141 Å². The number of Topliss-reactive ketones (excluding diaryl/α,β-unsaturated/α-hetero) is 2. The molecule has 0 aromatic heterocycles. The van der Waals surface area contributed by atoms with Crippen LogP contribution < -0.4 is 0 Å². The molecule has 0 N–H and O–H groups in total. The number of rotatable bonds is 2. The molecule has 2 saturated carbocycles. The third kappa shape index (κ3) is 1.39. The van der Waals surface area contributed by atoms with E-state index in [9.17, 15) is 9.59 Å². The summed E-state index contributed by atoms with van der Waals surface area (Å²) in [5.41, 5.74) is 0. The summed E-state index contributed by atoms with van der Waals surface area (Å²) in [5, 5.41) is 0.0164. The van der Waals surface area contributed by atoms with Crippen LogP contribution in [0.15, 0.2) is 10.1 Å². The number of carbonyl (C=O) groups is 2. The molecule has 0 amide bonds. The summed E-state index contributed by atoms with van der Waals surface area (Å²) >= 11 is 26.0. The monoisotopic (exact) mass is 372 g/mol. The van der Waals surface area contributed by atoms with Gasteiger partial charge in [-0.05, 0) is 0 Å². The number of hydrogen-bond acceptors (Lipinski definition) is 4. The molecule has 0 spiro atoms. The molecule has 0 saturated heterocycles. The van der Waals surface area contributed by atoms with Crippen LogP contribution in [0.3, 0.4) is 0 Å². The van der Waals surface area contributed by atoms with Crippen LogP contribution in [-0.2, 0) is 19.1 Å². The molecule has 0 radical (unpaired) electrons. The largest absolute Gasteiger partial charge is 0.350 e. The quantitative estimate of drug-likeness (QED) is 0.551. The van der Waals surface area contributed by atoms with Gasteiger partial charge >= 0.3 is 0 Å². The van der Waals surface area contributed by atoms with Crippen molar-refractivity contribution < 1.29 is 19.1 Å². The maximum atomic E-state index is 12.4. The minimum atomic E-state index is -1.68. The van der Waals surface area contributed by atoms with Crippen molar-refractivity contribution in [3.05, 3.63) is 10.1 Å². The van der Waals surface area contributed by atoms with Crippen LogP contribution in [0.1, 0.15) is 12.8 Å². The second kappa shape index (κ2) is 4.59. The van der Waals surface area contributed by atoms with E-state index in [1.54, 1.807) is 0 Å². The van der Waals surface area contributed by atoms with E-state index >= 15 is 0 Å². The van der Waals surface area contributed by atoms with Crippen LogP contribution in [0.4, 0.5) is 0 Å². The summed E-state index contributed by atoms with van der Waals surface area (Å²) in [6.45, 7) is 0. The van der Waals surface area contributed by atoms with E-state index < -0.39 is 27.4 Å². The van der Waals surface area contributed by atoms with Gasteiger partial charge in [0.2, 0.25) is 5.79 Å². The van der Waals surface area contributed by atoms with E-state index in [2.05, 4.69) is 0 Å². The zero-order valence-corrected chi connectivity index (χ0v) is 14.2. The number of ketones is 2. The summed E-state index contributed by atoms with van der Waals surface area (Å²) in [6, 6.07) is 0. The number of fused-ring (bicyclic) bond motifs is 5. The minimum absolute atomic E-state index is 0.00818. The highest BCUT2D eigenvalue weighted by Gasteiger charge is 2.87. The fraction of sp³-hybridized carbons (Fsp3) is 0.692.